The summed E-state index contributed by atoms with van der Waals surface area (Å²) in [6, 6.07) is 8.14. The fraction of sp³-hybridized carbons (Fsp3) is 0.312. The van der Waals surface area contributed by atoms with Crippen LogP contribution in [0.3, 0.4) is 0 Å². The Labute approximate surface area is 138 Å². The number of benzene rings is 1. The van der Waals surface area contributed by atoms with E-state index in [0.29, 0.717) is 30.1 Å². The normalized spacial score (nSPS) is 15.9. The summed E-state index contributed by atoms with van der Waals surface area (Å²) in [5, 5.41) is 0.451. The highest BCUT2D eigenvalue weighted by Crippen LogP contribution is 2.24. The van der Waals surface area contributed by atoms with E-state index in [0.717, 1.165) is 23.9 Å². The third-order valence-corrected chi connectivity index (χ3v) is 4.09. The number of fused-ring (bicyclic) bond motifs is 1. The Kier molecular flexibility index (Phi) is 3.85. The summed E-state index contributed by atoms with van der Waals surface area (Å²) < 4.78 is 13.0. The van der Waals surface area contributed by atoms with Crippen LogP contribution in [0.5, 0.6) is 6.01 Å². The SMILES string of the molecule is Clc1cnc(OC2CCOCC2)nc1-n1cnc2ccccc21. The van der Waals surface area contributed by atoms with Crippen molar-refractivity contribution in [1.29, 1.82) is 0 Å². The van der Waals surface area contributed by atoms with Crippen molar-refractivity contribution in [1.82, 2.24) is 19.5 Å². The summed E-state index contributed by atoms with van der Waals surface area (Å²) in [4.78, 5) is 13.0. The molecule has 0 saturated carbocycles. The quantitative estimate of drug-likeness (QED) is 0.738. The third kappa shape index (κ3) is 2.87. The Morgan fingerprint density at radius 3 is 2.87 bits per heavy atom. The lowest BCUT2D eigenvalue weighted by Crippen LogP contribution is -2.26. The van der Waals surface area contributed by atoms with E-state index in [9.17, 15) is 0 Å². The second-order valence-corrected chi connectivity index (χ2v) is 5.76. The van der Waals surface area contributed by atoms with Gasteiger partial charge in [-0.2, -0.15) is 4.98 Å². The first-order valence-corrected chi connectivity index (χ1v) is 7.88. The molecule has 1 aliphatic heterocycles. The van der Waals surface area contributed by atoms with Crippen molar-refractivity contribution in [2.45, 2.75) is 18.9 Å². The first kappa shape index (κ1) is 14.4. The minimum atomic E-state index is 0.0808. The molecular formula is C16H15ClN4O2. The van der Waals surface area contributed by atoms with Crippen molar-refractivity contribution < 1.29 is 9.47 Å². The number of nitrogens with zero attached hydrogens (tertiary/aromatic N) is 4. The second kappa shape index (κ2) is 6.14. The lowest BCUT2D eigenvalue weighted by molar-refractivity contribution is 0.0217. The van der Waals surface area contributed by atoms with Crippen molar-refractivity contribution in [3.63, 3.8) is 0 Å². The molecule has 0 unspecified atom stereocenters. The van der Waals surface area contributed by atoms with E-state index < -0.39 is 0 Å². The molecule has 7 heteroatoms. The number of para-hydroxylation sites is 2. The van der Waals surface area contributed by atoms with Crippen LogP contribution >= 0.6 is 11.6 Å². The van der Waals surface area contributed by atoms with Gasteiger partial charge < -0.3 is 9.47 Å². The number of aromatic nitrogens is 4. The average Bonchev–Trinajstić information content (AvgIpc) is 3.01. The van der Waals surface area contributed by atoms with Crippen LogP contribution in [0.15, 0.2) is 36.8 Å². The largest absolute Gasteiger partial charge is 0.460 e. The van der Waals surface area contributed by atoms with Crippen LogP contribution in [0.2, 0.25) is 5.02 Å². The molecule has 0 aliphatic carbocycles. The maximum Gasteiger partial charge on any atom is 0.318 e. The van der Waals surface area contributed by atoms with Crippen molar-refractivity contribution >= 4 is 22.6 Å². The number of hydrogen-bond acceptors (Lipinski definition) is 5. The van der Waals surface area contributed by atoms with Crippen molar-refractivity contribution in [3.8, 4) is 11.8 Å². The van der Waals surface area contributed by atoms with Crippen molar-refractivity contribution in [2.24, 2.45) is 0 Å². The molecular weight excluding hydrogens is 316 g/mol. The smallest absolute Gasteiger partial charge is 0.318 e. The van der Waals surface area contributed by atoms with Gasteiger partial charge in [-0.3, -0.25) is 4.57 Å². The molecule has 0 amide bonds. The van der Waals surface area contributed by atoms with Gasteiger partial charge in [0, 0.05) is 12.8 Å². The molecule has 6 nitrogen and oxygen atoms in total. The van der Waals surface area contributed by atoms with Crippen LogP contribution in [0.1, 0.15) is 12.8 Å². The number of ether oxygens (including phenoxy) is 2. The molecule has 1 aromatic carbocycles. The van der Waals surface area contributed by atoms with Crippen LogP contribution in [0.25, 0.3) is 16.9 Å². The number of hydrogen-bond donors (Lipinski definition) is 0. The van der Waals surface area contributed by atoms with Crippen LogP contribution in [0.4, 0.5) is 0 Å². The second-order valence-electron chi connectivity index (χ2n) is 5.36. The summed E-state index contributed by atoms with van der Waals surface area (Å²) in [6.45, 7) is 1.41. The molecule has 0 bridgehead atoms. The number of rotatable bonds is 3. The van der Waals surface area contributed by atoms with Gasteiger partial charge in [0.05, 0.1) is 30.4 Å². The molecule has 1 aliphatic rings. The molecule has 1 fully saturated rings. The number of imidazole rings is 1. The van der Waals surface area contributed by atoms with E-state index in [1.165, 1.54) is 0 Å². The Morgan fingerprint density at radius 2 is 2.00 bits per heavy atom. The average molecular weight is 331 g/mol. The molecule has 1 saturated heterocycles. The number of halogens is 1. The maximum atomic E-state index is 6.28. The van der Waals surface area contributed by atoms with Gasteiger partial charge in [0.2, 0.25) is 0 Å². The molecule has 23 heavy (non-hydrogen) atoms. The van der Waals surface area contributed by atoms with Gasteiger partial charge in [-0.05, 0) is 12.1 Å². The summed E-state index contributed by atoms with van der Waals surface area (Å²) in [7, 11) is 0. The molecule has 0 atom stereocenters. The third-order valence-electron chi connectivity index (χ3n) is 3.83. The van der Waals surface area contributed by atoms with Gasteiger partial charge in [-0.15, -0.1) is 0 Å². The Balaban J connectivity index is 1.69. The first-order valence-electron chi connectivity index (χ1n) is 7.50. The van der Waals surface area contributed by atoms with Crippen LogP contribution in [0, 0.1) is 0 Å². The fourth-order valence-corrected chi connectivity index (χ4v) is 2.82. The molecule has 3 heterocycles. The lowest BCUT2D eigenvalue weighted by Gasteiger charge is -2.22. The minimum Gasteiger partial charge on any atom is -0.460 e. The predicted octanol–water partition coefficient (Wildman–Crippen LogP) is 3.03. The summed E-state index contributed by atoms with van der Waals surface area (Å²) in [6.07, 6.45) is 5.03. The predicted molar refractivity (Wildman–Crippen MR) is 86.1 cm³/mol. The molecule has 3 aromatic rings. The van der Waals surface area contributed by atoms with Gasteiger partial charge >= 0.3 is 6.01 Å². The van der Waals surface area contributed by atoms with Gasteiger partial charge in [0.1, 0.15) is 17.5 Å². The zero-order chi connectivity index (χ0) is 15.6. The Hall–Kier alpha value is -2.18. The van der Waals surface area contributed by atoms with Crippen LogP contribution in [-0.4, -0.2) is 38.8 Å². The highest BCUT2D eigenvalue weighted by atomic mass is 35.5. The van der Waals surface area contributed by atoms with Gasteiger partial charge in [-0.25, -0.2) is 9.97 Å². The summed E-state index contributed by atoms with van der Waals surface area (Å²) >= 11 is 6.28. The van der Waals surface area contributed by atoms with Gasteiger partial charge in [-0.1, -0.05) is 23.7 Å². The molecule has 4 rings (SSSR count). The van der Waals surface area contributed by atoms with E-state index in [2.05, 4.69) is 15.0 Å². The zero-order valence-electron chi connectivity index (χ0n) is 12.4. The minimum absolute atomic E-state index is 0.0808. The molecule has 0 N–H and O–H groups in total. The summed E-state index contributed by atoms with van der Waals surface area (Å²) in [5.74, 6) is 0.567. The fourth-order valence-electron chi connectivity index (χ4n) is 2.64. The van der Waals surface area contributed by atoms with E-state index in [1.807, 2.05) is 28.8 Å². The molecule has 0 spiro atoms. The highest BCUT2D eigenvalue weighted by molar-refractivity contribution is 6.32. The first-order chi connectivity index (χ1) is 11.3. The Morgan fingerprint density at radius 1 is 1.17 bits per heavy atom. The van der Waals surface area contributed by atoms with Crippen molar-refractivity contribution in [2.75, 3.05) is 13.2 Å². The zero-order valence-corrected chi connectivity index (χ0v) is 13.1. The highest BCUT2D eigenvalue weighted by Gasteiger charge is 2.18. The van der Waals surface area contributed by atoms with E-state index >= 15 is 0 Å². The van der Waals surface area contributed by atoms with Gasteiger partial charge in [0.25, 0.3) is 0 Å². The maximum absolute atomic E-state index is 6.28. The van der Waals surface area contributed by atoms with E-state index in [4.69, 9.17) is 21.1 Å². The van der Waals surface area contributed by atoms with Crippen LogP contribution < -0.4 is 4.74 Å². The van der Waals surface area contributed by atoms with Crippen molar-refractivity contribution in [3.05, 3.63) is 41.8 Å². The molecule has 2 aromatic heterocycles. The van der Waals surface area contributed by atoms with E-state index in [1.54, 1.807) is 12.5 Å². The Bertz CT molecular complexity index is 830. The summed E-state index contributed by atoms with van der Waals surface area (Å²) in [5.41, 5.74) is 1.82. The molecule has 0 radical (unpaired) electrons. The van der Waals surface area contributed by atoms with Crippen LogP contribution in [-0.2, 0) is 4.74 Å². The van der Waals surface area contributed by atoms with E-state index in [-0.39, 0.29) is 6.10 Å². The monoisotopic (exact) mass is 330 g/mol. The standard InChI is InChI=1S/C16H15ClN4O2/c17-12-9-18-16(23-11-5-7-22-8-6-11)20-15(12)21-10-19-13-3-1-2-4-14(13)21/h1-4,9-11H,5-8H2. The topological polar surface area (TPSA) is 62.1 Å². The molecule has 118 valence electrons. The lowest BCUT2D eigenvalue weighted by atomic mass is 10.2. The van der Waals surface area contributed by atoms with Gasteiger partial charge in [0.15, 0.2) is 5.82 Å².